The van der Waals surface area contributed by atoms with Crippen molar-refractivity contribution in [1.29, 1.82) is 0 Å². The molecule has 0 unspecified atom stereocenters. The van der Waals surface area contributed by atoms with Gasteiger partial charge in [-0.25, -0.2) is 0 Å². The molecule has 0 aromatic heterocycles. The van der Waals surface area contributed by atoms with Gasteiger partial charge in [0.15, 0.2) is 5.40 Å². The molecule has 1 aromatic carbocycles. The van der Waals surface area contributed by atoms with Crippen LogP contribution in [0.2, 0.25) is 0 Å². The summed E-state index contributed by atoms with van der Waals surface area (Å²) >= 11 is 0. The fourth-order valence-corrected chi connectivity index (χ4v) is 9.21. The Kier molecular flexibility index (Phi) is 6.72. The lowest BCUT2D eigenvalue weighted by atomic mass is 9.55. The predicted molar refractivity (Wildman–Crippen MR) is 120 cm³/mol. The summed E-state index contributed by atoms with van der Waals surface area (Å²) in [5, 5.41) is 8.55. The third-order valence-corrected chi connectivity index (χ3v) is 12.2. The van der Waals surface area contributed by atoms with Crippen LogP contribution in [-0.4, -0.2) is 42.8 Å². The predicted octanol–water partition coefficient (Wildman–Crippen LogP) is 3.74. The molecule has 3 aliphatic carbocycles. The van der Waals surface area contributed by atoms with Gasteiger partial charge in [-0.3, -0.25) is 9.13 Å². The number of benzene rings is 1. The van der Waals surface area contributed by atoms with Crippen molar-refractivity contribution in [2.24, 2.45) is 17.3 Å². The molecule has 8 nitrogen and oxygen atoms in total. The Morgan fingerprint density at radius 1 is 1.09 bits per heavy atom. The van der Waals surface area contributed by atoms with Crippen molar-refractivity contribution in [3.05, 3.63) is 29.3 Å². The van der Waals surface area contributed by atoms with E-state index in [2.05, 4.69) is 13.0 Å². The molecule has 3 aliphatic rings. The SMILES string of the molecule is C[C@]12CC[C@@H]3c4ccc(OCCCC(P(=O)(O)O)P(=O)(O)O)cc4CC[C@H]3[C@@H]1CC[C@@H]2O. The quantitative estimate of drug-likeness (QED) is 0.288. The van der Waals surface area contributed by atoms with Gasteiger partial charge in [-0.2, -0.15) is 0 Å². The van der Waals surface area contributed by atoms with Crippen LogP contribution in [0, 0.1) is 17.3 Å². The molecule has 0 heterocycles. The van der Waals surface area contributed by atoms with Gasteiger partial charge in [-0.1, -0.05) is 13.0 Å². The van der Waals surface area contributed by atoms with Crippen molar-refractivity contribution in [3.63, 3.8) is 0 Å². The third kappa shape index (κ3) is 4.61. The minimum Gasteiger partial charge on any atom is -0.494 e. The molecule has 180 valence electrons. The summed E-state index contributed by atoms with van der Waals surface area (Å²) in [5.74, 6) is 2.38. The minimum atomic E-state index is -4.89. The normalized spacial score (nSPS) is 32.3. The first kappa shape index (κ1) is 24.4. The maximum Gasteiger partial charge on any atom is 0.340 e. The summed E-state index contributed by atoms with van der Waals surface area (Å²) in [6.07, 6.45) is 5.89. The van der Waals surface area contributed by atoms with Crippen molar-refractivity contribution in [2.75, 3.05) is 6.61 Å². The van der Waals surface area contributed by atoms with E-state index in [0.717, 1.165) is 38.5 Å². The first-order valence-corrected chi connectivity index (χ1v) is 14.8. The number of fused-ring (bicyclic) bond motifs is 5. The van der Waals surface area contributed by atoms with Crippen molar-refractivity contribution in [3.8, 4) is 5.75 Å². The van der Waals surface area contributed by atoms with Crippen LogP contribution in [0.4, 0.5) is 0 Å². The number of aliphatic hydroxyl groups is 1. The lowest BCUT2D eigenvalue weighted by molar-refractivity contribution is -0.0226. The molecule has 0 radical (unpaired) electrons. The van der Waals surface area contributed by atoms with Gasteiger partial charge in [0.05, 0.1) is 12.7 Å². The van der Waals surface area contributed by atoms with Crippen molar-refractivity contribution < 1.29 is 38.5 Å². The third-order valence-electron chi connectivity index (χ3n) is 8.30. The van der Waals surface area contributed by atoms with Crippen LogP contribution in [-0.2, 0) is 15.6 Å². The van der Waals surface area contributed by atoms with Crippen LogP contribution in [0.25, 0.3) is 0 Å². The Labute approximate surface area is 188 Å². The maximum atomic E-state index is 11.4. The van der Waals surface area contributed by atoms with E-state index in [1.165, 1.54) is 11.1 Å². The molecule has 2 saturated carbocycles. The lowest BCUT2D eigenvalue weighted by Gasteiger charge is -2.50. The standard InChI is InChI=1S/C22H34O8P2/c1-22-11-10-17-16-7-5-15(30-12-2-3-21(31(24,25)26)32(27,28)29)13-14(16)4-6-18(17)19(22)8-9-20(22)23/h5,7,13,17-21,23H,2-4,6,8-12H2,1H3,(H2,24,25,26)(H2,27,28,29)/t17-,18-,19+,20+,22+/m1/s1. The van der Waals surface area contributed by atoms with Crippen LogP contribution in [0.15, 0.2) is 18.2 Å². The van der Waals surface area contributed by atoms with Crippen LogP contribution in [0.3, 0.4) is 0 Å². The second-order valence-corrected chi connectivity index (χ2v) is 14.1. The highest BCUT2D eigenvalue weighted by molar-refractivity contribution is 7.70. The van der Waals surface area contributed by atoms with Crippen molar-refractivity contribution >= 4 is 15.2 Å². The molecule has 2 fully saturated rings. The first-order chi connectivity index (χ1) is 14.9. The van der Waals surface area contributed by atoms with Gasteiger partial charge in [-0.05, 0) is 97.8 Å². The highest BCUT2D eigenvalue weighted by atomic mass is 31.2. The molecule has 0 aliphatic heterocycles. The second kappa shape index (κ2) is 8.81. The average molecular weight is 488 g/mol. The van der Waals surface area contributed by atoms with Crippen LogP contribution < -0.4 is 4.74 Å². The number of aliphatic hydroxyl groups excluding tert-OH is 1. The number of hydrogen-bond donors (Lipinski definition) is 5. The fourth-order valence-electron chi connectivity index (χ4n) is 6.61. The number of ether oxygens (including phenoxy) is 1. The van der Waals surface area contributed by atoms with Crippen molar-refractivity contribution in [2.45, 2.75) is 75.7 Å². The van der Waals surface area contributed by atoms with Crippen LogP contribution in [0.5, 0.6) is 5.75 Å². The molecule has 32 heavy (non-hydrogen) atoms. The molecular weight excluding hydrogens is 454 g/mol. The van der Waals surface area contributed by atoms with E-state index in [4.69, 9.17) is 4.74 Å². The maximum absolute atomic E-state index is 11.4. The Morgan fingerprint density at radius 2 is 1.81 bits per heavy atom. The van der Waals surface area contributed by atoms with E-state index in [1.54, 1.807) is 0 Å². The second-order valence-electron chi connectivity index (χ2n) is 10.1. The molecule has 0 spiro atoms. The summed E-state index contributed by atoms with van der Waals surface area (Å²) in [6.45, 7) is 2.39. The lowest BCUT2D eigenvalue weighted by Crippen LogP contribution is -2.43. The molecule has 0 saturated heterocycles. The Balaban J connectivity index is 1.38. The van der Waals surface area contributed by atoms with Gasteiger partial charge in [0.1, 0.15) is 5.75 Å². The van der Waals surface area contributed by atoms with E-state index >= 15 is 0 Å². The number of aryl methyl sites for hydroxylation is 1. The molecular formula is C22H34O8P2. The van der Waals surface area contributed by atoms with Gasteiger partial charge in [-0.15, -0.1) is 0 Å². The Bertz CT molecular complexity index is 918. The number of hydrogen-bond acceptors (Lipinski definition) is 4. The zero-order valence-electron chi connectivity index (χ0n) is 18.3. The largest absolute Gasteiger partial charge is 0.494 e. The molecule has 5 atom stereocenters. The highest BCUT2D eigenvalue weighted by Crippen LogP contribution is 2.62. The monoisotopic (exact) mass is 488 g/mol. The Hall–Kier alpha value is -0.720. The summed E-state index contributed by atoms with van der Waals surface area (Å²) in [5.41, 5.74) is 2.70. The van der Waals surface area contributed by atoms with Gasteiger partial charge in [0.2, 0.25) is 0 Å². The smallest absolute Gasteiger partial charge is 0.340 e. The van der Waals surface area contributed by atoms with Crippen LogP contribution >= 0.6 is 15.2 Å². The van der Waals surface area contributed by atoms with E-state index < -0.39 is 20.6 Å². The topological polar surface area (TPSA) is 145 Å². The molecule has 1 aromatic rings. The van der Waals surface area contributed by atoms with E-state index in [9.17, 15) is 33.8 Å². The molecule has 0 amide bonds. The first-order valence-electron chi connectivity index (χ1n) is 11.5. The fraction of sp³-hybridized carbons (Fsp3) is 0.727. The molecule has 10 heteroatoms. The minimum absolute atomic E-state index is 0.0553. The highest BCUT2D eigenvalue weighted by Gasteiger charge is 2.54. The zero-order chi connectivity index (χ0) is 23.3. The van der Waals surface area contributed by atoms with Gasteiger partial charge >= 0.3 is 15.2 Å². The summed E-state index contributed by atoms with van der Waals surface area (Å²) in [7, 11) is -9.78. The number of rotatable bonds is 7. The van der Waals surface area contributed by atoms with Gasteiger partial charge in [0, 0.05) is 0 Å². The van der Waals surface area contributed by atoms with E-state index in [-0.39, 0.29) is 31.0 Å². The summed E-state index contributed by atoms with van der Waals surface area (Å²) < 4.78 is 28.5. The van der Waals surface area contributed by atoms with Gasteiger partial charge < -0.3 is 29.4 Å². The molecule has 4 rings (SSSR count). The van der Waals surface area contributed by atoms with E-state index in [0.29, 0.717) is 23.5 Å². The van der Waals surface area contributed by atoms with Crippen molar-refractivity contribution in [1.82, 2.24) is 0 Å². The van der Waals surface area contributed by atoms with Gasteiger partial charge in [0.25, 0.3) is 0 Å². The summed E-state index contributed by atoms with van der Waals surface area (Å²) in [6, 6.07) is 6.08. The molecule has 5 N–H and O–H groups in total. The van der Waals surface area contributed by atoms with E-state index in [1.807, 2.05) is 12.1 Å². The Morgan fingerprint density at radius 3 is 2.50 bits per heavy atom. The average Bonchev–Trinajstić information content (AvgIpc) is 3.00. The molecule has 0 bridgehead atoms. The zero-order valence-corrected chi connectivity index (χ0v) is 20.1. The van der Waals surface area contributed by atoms with Crippen LogP contribution in [0.1, 0.15) is 68.9 Å². The summed E-state index contributed by atoms with van der Waals surface area (Å²) in [4.78, 5) is 36.8.